The van der Waals surface area contributed by atoms with Crippen molar-refractivity contribution in [3.05, 3.63) is 29.8 Å². The van der Waals surface area contributed by atoms with E-state index in [1.54, 1.807) is 30.0 Å². The lowest BCUT2D eigenvalue weighted by Crippen LogP contribution is -2.45. The van der Waals surface area contributed by atoms with E-state index in [0.717, 1.165) is 0 Å². The van der Waals surface area contributed by atoms with Gasteiger partial charge in [0.2, 0.25) is 5.91 Å². The first-order valence-electron chi connectivity index (χ1n) is 7.41. The molecule has 0 aromatic heterocycles. The second-order valence-corrected chi connectivity index (χ2v) is 5.71. The van der Waals surface area contributed by atoms with Crippen LogP contribution in [0.2, 0.25) is 0 Å². The number of nitrogens with zero attached hydrogens (tertiary/aromatic N) is 1. The maximum absolute atomic E-state index is 12.4. The Kier molecular flexibility index (Phi) is 5.52. The molecule has 0 spiro atoms. The van der Waals surface area contributed by atoms with Crippen LogP contribution in [0.15, 0.2) is 24.3 Å². The fourth-order valence-electron chi connectivity index (χ4n) is 2.87. The van der Waals surface area contributed by atoms with Crippen LogP contribution in [0.1, 0.15) is 18.9 Å². The molecule has 1 fully saturated rings. The van der Waals surface area contributed by atoms with E-state index in [0.29, 0.717) is 25.1 Å². The zero-order valence-corrected chi connectivity index (χ0v) is 12.7. The average Bonchev–Trinajstić information content (AvgIpc) is 2.48. The summed E-state index contributed by atoms with van der Waals surface area (Å²) < 4.78 is 29.2. The highest BCUT2D eigenvalue weighted by Crippen LogP contribution is 2.26. The summed E-state index contributed by atoms with van der Waals surface area (Å²) in [6, 6.07) is 6.18. The Morgan fingerprint density at radius 2 is 2.09 bits per heavy atom. The third kappa shape index (κ3) is 4.40. The molecule has 1 aromatic rings. The predicted octanol–water partition coefficient (Wildman–Crippen LogP) is 2.40. The van der Waals surface area contributed by atoms with Gasteiger partial charge in [0.25, 0.3) is 0 Å². The smallest absolute Gasteiger partial charge is 0.387 e. The first-order chi connectivity index (χ1) is 10.9. The van der Waals surface area contributed by atoms with E-state index >= 15 is 0 Å². The Labute approximate surface area is 132 Å². The van der Waals surface area contributed by atoms with Gasteiger partial charge < -0.3 is 14.7 Å². The Morgan fingerprint density at radius 3 is 2.70 bits per heavy atom. The van der Waals surface area contributed by atoms with Gasteiger partial charge in [-0.25, -0.2) is 0 Å². The third-order valence-corrected chi connectivity index (χ3v) is 4.11. The summed E-state index contributed by atoms with van der Waals surface area (Å²) in [5.74, 6) is -1.66. The number of hydrogen-bond donors (Lipinski definition) is 1. The zero-order valence-electron chi connectivity index (χ0n) is 12.7. The number of piperidine rings is 1. The molecule has 0 radical (unpaired) electrons. The molecule has 1 aromatic carbocycles. The number of likely N-dealkylation sites (tertiary alicyclic amines) is 1. The SMILES string of the molecule is CC1CN(C(=O)Cc2ccccc2OC(F)F)CCC1C(=O)O. The van der Waals surface area contributed by atoms with Crippen LogP contribution in [-0.4, -0.2) is 41.6 Å². The summed E-state index contributed by atoms with van der Waals surface area (Å²) in [6.45, 7) is -0.435. The van der Waals surface area contributed by atoms with E-state index in [9.17, 15) is 18.4 Å². The summed E-state index contributed by atoms with van der Waals surface area (Å²) in [5, 5.41) is 9.10. The molecule has 1 amide bonds. The van der Waals surface area contributed by atoms with Gasteiger partial charge in [-0.3, -0.25) is 9.59 Å². The summed E-state index contributed by atoms with van der Waals surface area (Å²) in [7, 11) is 0. The molecule has 1 aliphatic rings. The molecule has 7 heteroatoms. The molecule has 2 atom stereocenters. The van der Waals surface area contributed by atoms with Gasteiger partial charge in [-0.1, -0.05) is 25.1 Å². The summed E-state index contributed by atoms with van der Waals surface area (Å²) in [4.78, 5) is 25.0. The highest BCUT2D eigenvalue weighted by molar-refractivity contribution is 5.80. The zero-order chi connectivity index (χ0) is 17.0. The minimum atomic E-state index is -2.95. The Morgan fingerprint density at radius 1 is 1.39 bits per heavy atom. The number of alkyl halides is 2. The van der Waals surface area contributed by atoms with Gasteiger partial charge in [0, 0.05) is 18.7 Å². The van der Waals surface area contributed by atoms with Crippen LogP contribution in [0.5, 0.6) is 5.75 Å². The number of amides is 1. The Balaban J connectivity index is 2.02. The molecule has 1 aliphatic heterocycles. The number of rotatable bonds is 5. The molecule has 1 saturated heterocycles. The van der Waals surface area contributed by atoms with Crippen molar-refractivity contribution in [2.24, 2.45) is 11.8 Å². The van der Waals surface area contributed by atoms with Crippen molar-refractivity contribution in [1.29, 1.82) is 0 Å². The predicted molar refractivity (Wildman–Crippen MR) is 78.3 cm³/mol. The van der Waals surface area contributed by atoms with Crippen LogP contribution in [0.3, 0.4) is 0 Å². The molecule has 2 rings (SSSR count). The first kappa shape index (κ1) is 17.2. The van der Waals surface area contributed by atoms with Crippen LogP contribution in [0.4, 0.5) is 8.78 Å². The topological polar surface area (TPSA) is 66.8 Å². The van der Waals surface area contributed by atoms with E-state index in [1.807, 2.05) is 0 Å². The maximum atomic E-state index is 12.4. The van der Waals surface area contributed by atoms with Crippen LogP contribution < -0.4 is 4.74 Å². The summed E-state index contributed by atoms with van der Waals surface area (Å²) in [5.41, 5.74) is 0.394. The molecule has 126 valence electrons. The second kappa shape index (κ2) is 7.39. The van der Waals surface area contributed by atoms with Crippen molar-refractivity contribution in [2.45, 2.75) is 26.4 Å². The van der Waals surface area contributed by atoms with Gasteiger partial charge in [-0.05, 0) is 18.4 Å². The minimum absolute atomic E-state index is 0.00989. The fourth-order valence-corrected chi connectivity index (χ4v) is 2.87. The molecule has 5 nitrogen and oxygen atoms in total. The van der Waals surface area contributed by atoms with Gasteiger partial charge >= 0.3 is 12.6 Å². The van der Waals surface area contributed by atoms with E-state index < -0.39 is 18.5 Å². The van der Waals surface area contributed by atoms with Crippen LogP contribution >= 0.6 is 0 Å². The van der Waals surface area contributed by atoms with Gasteiger partial charge in [0.05, 0.1) is 12.3 Å². The molecule has 2 unspecified atom stereocenters. The summed E-state index contributed by atoms with van der Waals surface area (Å²) >= 11 is 0. The van der Waals surface area contributed by atoms with Gasteiger partial charge in [0.1, 0.15) is 5.75 Å². The highest BCUT2D eigenvalue weighted by atomic mass is 19.3. The number of carbonyl (C=O) groups is 2. The van der Waals surface area contributed by atoms with Gasteiger partial charge in [-0.2, -0.15) is 8.78 Å². The molecule has 0 aliphatic carbocycles. The second-order valence-electron chi connectivity index (χ2n) is 5.71. The van der Waals surface area contributed by atoms with Gasteiger partial charge in [-0.15, -0.1) is 0 Å². The monoisotopic (exact) mass is 327 g/mol. The molecule has 0 saturated carbocycles. The number of carboxylic acids is 1. The van der Waals surface area contributed by atoms with E-state index in [1.165, 1.54) is 6.07 Å². The Bertz CT molecular complexity index is 579. The number of carboxylic acid groups (broad SMARTS) is 1. The molecular weight excluding hydrogens is 308 g/mol. The number of aliphatic carboxylic acids is 1. The Hall–Kier alpha value is -2.18. The lowest BCUT2D eigenvalue weighted by atomic mass is 9.87. The van der Waals surface area contributed by atoms with Crippen LogP contribution in [0, 0.1) is 11.8 Å². The number of hydrogen-bond acceptors (Lipinski definition) is 3. The summed E-state index contributed by atoms with van der Waals surface area (Å²) in [6.07, 6.45) is 0.352. The number of halogens is 2. The highest BCUT2D eigenvalue weighted by Gasteiger charge is 2.33. The van der Waals surface area contributed by atoms with E-state index in [4.69, 9.17) is 5.11 Å². The fraction of sp³-hybridized carbons (Fsp3) is 0.500. The minimum Gasteiger partial charge on any atom is -0.481 e. The van der Waals surface area contributed by atoms with E-state index in [-0.39, 0.29) is 24.0 Å². The number of benzene rings is 1. The lowest BCUT2D eigenvalue weighted by molar-refractivity contribution is -0.148. The maximum Gasteiger partial charge on any atom is 0.387 e. The van der Waals surface area contributed by atoms with Crippen LogP contribution in [0.25, 0.3) is 0 Å². The molecule has 0 bridgehead atoms. The standard InChI is InChI=1S/C16H19F2NO4/c1-10-9-19(7-6-12(10)15(21)22)14(20)8-11-4-2-3-5-13(11)23-16(17)18/h2-5,10,12,16H,6-9H2,1H3,(H,21,22). The molecule has 23 heavy (non-hydrogen) atoms. The number of ether oxygens (including phenoxy) is 1. The lowest BCUT2D eigenvalue weighted by Gasteiger charge is -2.35. The van der Waals surface area contributed by atoms with Crippen molar-refractivity contribution in [3.63, 3.8) is 0 Å². The first-order valence-corrected chi connectivity index (χ1v) is 7.41. The number of para-hydroxylation sites is 1. The average molecular weight is 327 g/mol. The van der Waals surface area contributed by atoms with Crippen LogP contribution in [-0.2, 0) is 16.0 Å². The molecular formula is C16H19F2NO4. The number of carbonyl (C=O) groups excluding carboxylic acids is 1. The molecule has 1 heterocycles. The van der Waals surface area contributed by atoms with E-state index in [2.05, 4.69) is 4.74 Å². The van der Waals surface area contributed by atoms with Crippen molar-refractivity contribution in [1.82, 2.24) is 4.90 Å². The molecule has 1 N–H and O–H groups in total. The largest absolute Gasteiger partial charge is 0.481 e. The van der Waals surface area contributed by atoms with Gasteiger partial charge in [0.15, 0.2) is 0 Å². The quantitative estimate of drug-likeness (QED) is 0.902. The normalized spacial score (nSPS) is 21.3. The van der Waals surface area contributed by atoms with Crippen molar-refractivity contribution >= 4 is 11.9 Å². The van der Waals surface area contributed by atoms with Crippen molar-refractivity contribution in [3.8, 4) is 5.75 Å². The van der Waals surface area contributed by atoms with Crippen molar-refractivity contribution in [2.75, 3.05) is 13.1 Å². The van der Waals surface area contributed by atoms with Crippen molar-refractivity contribution < 1.29 is 28.2 Å². The third-order valence-electron chi connectivity index (χ3n) is 4.11.